The van der Waals surface area contributed by atoms with Gasteiger partial charge in [-0.3, -0.25) is 19.7 Å². The molecule has 0 unspecified atom stereocenters. The second kappa shape index (κ2) is 9.94. The highest BCUT2D eigenvalue weighted by molar-refractivity contribution is 9.10. The third kappa shape index (κ3) is 5.97. The van der Waals surface area contributed by atoms with Gasteiger partial charge in [0.1, 0.15) is 0 Å². The molecule has 1 aromatic heterocycles. The second-order valence-corrected chi connectivity index (χ2v) is 7.65. The van der Waals surface area contributed by atoms with E-state index in [0.717, 1.165) is 15.7 Å². The van der Waals surface area contributed by atoms with Gasteiger partial charge in [0.05, 0.1) is 5.69 Å². The zero-order chi connectivity index (χ0) is 20.6. The zero-order valence-corrected chi connectivity index (χ0v) is 17.5. The van der Waals surface area contributed by atoms with E-state index in [1.54, 1.807) is 23.6 Å². The fourth-order valence-electron chi connectivity index (χ4n) is 2.39. The Bertz CT molecular complexity index is 1020. The number of carbonyl (C=O) groups is 3. The molecule has 7 nitrogen and oxygen atoms in total. The van der Waals surface area contributed by atoms with Gasteiger partial charge >= 0.3 is 11.8 Å². The van der Waals surface area contributed by atoms with Crippen molar-refractivity contribution >= 4 is 50.1 Å². The van der Waals surface area contributed by atoms with Crippen LogP contribution >= 0.6 is 27.3 Å². The molecule has 0 saturated carbocycles. The van der Waals surface area contributed by atoms with Gasteiger partial charge < -0.3 is 10.6 Å². The lowest BCUT2D eigenvalue weighted by Crippen LogP contribution is -2.40. The molecule has 0 bridgehead atoms. The fraction of sp³-hybridized carbons (Fsp3) is 0.100. The summed E-state index contributed by atoms with van der Waals surface area (Å²) in [6, 6.07) is 16.5. The van der Waals surface area contributed by atoms with E-state index in [1.165, 1.54) is 11.3 Å². The van der Waals surface area contributed by atoms with Crippen LogP contribution in [0.1, 0.15) is 10.4 Å². The molecule has 1 heterocycles. The molecule has 148 valence electrons. The second-order valence-electron chi connectivity index (χ2n) is 5.88. The van der Waals surface area contributed by atoms with Gasteiger partial charge in [-0.25, -0.2) is 4.98 Å². The van der Waals surface area contributed by atoms with Gasteiger partial charge in [-0.1, -0.05) is 52.3 Å². The number of carbonyl (C=O) groups excluding carboxylic acids is 3. The highest BCUT2D eigenvalue weighted by atomic mass is 79.9. The van der Waals surface area contributed by atoms with Gasteiger partial charge in [-0.05, 0) is 18.2 Å². The van der Waals surface area contributed by atoms with Crippen molar-refractivity contribution in [1.29, 1.82) is 0 Å². The van der Waals surface area contributed by atoms with E-state index >= 15 is 0 Å². The van der Waals surface area contributed by atoms with E-state index in [0.29, 0.717) is 10.7 Å². The molecule has 0 aliphatic carbocycles. The van der Waals surface area contributed by atoms with E-state index < -0.39 is 11.8 Å². The molecule has 0 saturated heterocycles. The van der Waals surface area contributed by atoms with Gasteiger partial charge in [-0.15, -0.1) is 11.3 Å². The first-order valence-electron chi connectivity index (χ1n) is 8.67. The molecule has 3 amide bonds. The van der Waals surface area contributed by atoms with E-state index in [9.17, 15) is 14.4 Å². The molecule has 0 aliphatic heterocycles. The molecule has 0 fully saturated rings. The Morgan fingerprint density at radius 1 is 0.931 bits per heavy atom. The number of aromatic nitrogens is 1. The quantitative estimate of drug-likeness (QED) is 0.379. The van der Waals surface area contributed by atoms with Crippen molar-refractivity contribution in [1.82, 2.24) is 15.6 Å². The van der Waals surface area contributed by atoms with E-state index in [-0.39, 0.29) is 19.0 Å². The molecule has 3 rings (SSSR count). The summed E-state index contributed by atoms with van der Waals surface area (Å²) in [6.45, 7) is 0.318. The van der Waals surface area contributed by atoms with Gasteiger partial charge in [-0.2, -0.15) is 0 Å². The van der Waals surface area contributed by atoms with Crippen molar-refractivity contribution in [3.8, 4) is 11.3 Å². The van der Waals surface area contributed by atoms with Crippen LogP contribution in [0.15, 0.2) is 64.5 Å². The molecule has 2 aromatic carbocycles. The lowest BCUT2D eigenvalue weighted by molar-refractivity contribution is -0.136. The average Bonchev–Trinajstić information content (AvgIpc) is 3.20. The SMILES string of the molecule is O=C(NCCNC(=O)c1cccc(Br)c1)C(=O)Nc1nc(-c2ccccc2)cs1. The minimum absolute atomic E-state index is 0.124. The monoisotopic (exact) mass is 472 g/mol. The summed E-state index contributed by atoms with van der Waals surface area (Å²) in [5, 5.41) is 9.76. The summed E-state index contributed by atoms with van der Waals surface area (Å²) >= 11 is 4.54. The van der Waals surface area contributed by atoms with Crippen molar-refractivity contribution in [2.75, 3.05) is 18.4 Å². The summed E-state index contributed by atoms with van der Waals surface area (Å²) in [5.41, 5.74) is 2.15. The highest BCUT2D eigenvalue weighted by Crippen LogP contribution is 2.24. The Morgan fingerprint density at radius 3 is 2.45 bits per heavy atom. The Morgan fingerprint density at radius 2 is 1.69 bits per heavy atom. The lowest BCUT2D eigenvalue weighted by Gasteiger charge is -2.07. The van der Waals surface area contributed by atoms with Crippen LogP contribution in [0.4, 0.5) is 5.13 Å². The first kappa shape index (κ1) is 20.7. The maximum Gasteiger partial charge on any atom is 0.315 e. The number of hydrogen-bond donors (Lipinski definition) is 3. The minimum Gasteiger partial charge on any atom is -0.350 e. The molecule has 0 spiro atoms. The van der Waals surface area contributed by atoms with Gasteiger partial charge in [0.2, 0.25) is 0 Å². The summed E-state index contributed by atoms with van der Waals surface area (Å²) in [7, 11) is 0. The number of thiazole rings is 1. The lowest BCUT2D eigenvalue weighted by atomic mass is 10.2. The molecule has 0 atom stereocenters. The standard InChI is InChI=1S/C20H17BrN4O3S/c21-15-8-4-7-14(11-15)17(26)22-9-10-23-18(27)19(28)25-20-24-16(12-29-20)13-5-2-1-3-6-13/h1-8,11-12H,9-10H2,(H,22,26)(H,23,27)(H,24,25,28). The topological polar surface area (TPSA) is 100 Å². The number of hydrogen-bond acceptors (Lipinski definition) is 5. The van der Waals surface area contributed by atoms with Crippen LogP contribution in [0.25, 0.3) is 11.3 Å². The molecular weight excluding hydrogens is 456 g/mol. The minimum atomic E-state index is -0.808. The Balaban J connectivity index is 1.42. The van der Waals surface area contributed by atoms with E-state index in [2.05, 4.69) is 36.9 Å². The molecule has 0 aliphatic rings. The average molecular weight is 473 g/mol. The number of amides is 3. The van der Waals surface area contributed by atoms with Gasteiger partial charge in [0.25, 0.3) is 5.91 Å². The van der Waals surface area contributed by atoms with E-state index in [1.807, 2.05) is 36.4 Å². The van der Waals surface area contributed by atoms with Crippen LogP contribution in [0.5, 0.6) is 0 Å². The van der Waals surface area contributed by atoms with Crippen molar-refractivity contribution in [2.24, 2.45) is 0 Å². The van der Waals surface area contributed by atoms with Crippen molar-refractivity contribution in [2.45, 2.75) is 0 Å². The van der Waals surface area contributed by atoms with Crippen molar-refractivity contribution in [3.05, 3.63) is 70.0 Å². The van der Waals surface area contributed by atoms with Gasteiger partial charge in [0, 0.05) is 34.1 Å². The maximum absolute atomic E-state index is 12.0. The van der Waals surface area contributed by atoms with Crippen LogP contribution in [0.2, 0.25) is 0 Å². The number of rotatable bonds is 6. The summed E-state index contributed by atoms with van der Waals surface area (Å²) in [6.07, 6.45) is 0. The molecule has 29 heavy (non-hydrogen) atoms. The molecule has 0 radical (unpaired) electrons. The van der Waals surface area contributed by atoms with Crippen molar-refractivity contribution in [3.63, 3.8) is 0 Å². The number of nitrogens with zero attached hydrogens (tertiary/aromatic N) is 1. The zero-order valence-electron chi connectivity index (χ0n) is 15.1. The number of benzene rings is 2. The number of nitrogens with one attached hydrogen (secondary N) is 3. The third-order valence-electron chi connectivity index (χ3n) is 3.78. The van der Waals surface area contributed by atoms with Crippen LogP contribution < -0.4 is 16.0 Å². The van der Waals surface area contributed by atoms with Crippen LogP contribution in [-0.4, -0.2) is 35.8 Å². The predicted molar refractivity (Wildman–Crippen MR) is 116 cm³/mol. The maximum atomic E-state index is 12.0. The Labute approximate surface area is 179 Å². The first-order chi connectivity index (χ1) is 14.0. The van der Waals surface area contributed by atoms with Crippen LogP contribution in [0, 0.1) is 0 Å². The number of halogens is 1. The van der Waals surface area contributed by atoms with Crippen LogP contribution in [-0.2, 0) is 9.59 Å². The normalized spacial score (nSPS) is 10.2. The smallest absolute Gasteiger partial charge is 0.315 e. The largest absolute Gasteiger partial charge is 0.350 e. The Kier molecular flexibility index (Phi) is 7.09. The summed E-state index contributed by atoms with van der Waals surface area (Å²) in [5.74, 6) is -1.86. The summed E-state index contributed by atoms with van der Waals surface area (Å²) < 4.78 is 0.799. The molecular formula is C20H17BrN4O3S. The van der Waals surface area contributed by atoms with Gasteiger partial charge in [0.15, 0.2) is 5.13 Å². The van der Waals surface area contributed by atoms with Crippen molar-refractivity contribution < 1.29 is 14.4 Å². The molecule has 3 aromatic rings. The summed E-state index contributed by atoms with van der Waals surface area (Å²) in [4.78, 5) is 40.2. The Hall–Kier alpha value is -3.04. The fourth-order valence-corrected chi connectivity index (χ4v) is 3.50. The first-order valence-corrected chi connectivity index (χ1v) is 10.3. The third-order valence-corrected chi connectivity index (χ3v) is 5.03. The van der Waals surface area contributed by atoms with E-state index in [4.69, 9.17) is 0 Å². The molecule has 3 N–H and O–H groups in total. The number of anilines is 1. The highest BCUT2D eigenvalue weighted by Gasteiger charge is 2.15. The molecule has 9 heteroatoms. The van der Waals surface area contributed by atoms with Crippen LogP contribution in [0.3, 0.4) is 0 Å². The predicted octanol–water partition coefficient (Wildman–Crippen LogP) is 3.06.